The molecule has 0 aliphatic heterocycles. The second kappa shape index (κ2) is 4.57. The van der Waals surface area contributed by atoms with Crippen molar-refractivity contribution in [2.45, 2.75) is 26.8 Å². The number of benzene rings is 1. The highest BCUT2D eigenvalue weighted by molar-refractivity contribution is 6.04. The molecule has 90 valence electrons. The Kier molecular flexibility index (Phi) is 3.13. The van der Waals surface area contributed by atoms with E-state index in [1.54, 1.807) is 0 Å². The number of aromatic amines is 1. The molecule has 4 heteroatoms. The maximum absolute atomic E-state index is 12.0. The summed E-state index contributed by atoms with van der Waals surface area (Å²) in [5.41, 5.74) is 1.35. The topological polar surface area (TPSA) is 57.8 Å². The number of H-pyrrole nitrogens is 1. The van der Waals surface area contributed by atoms with E-state index in [4.69, 9.17) is 0 Å². The standard InChI is InChI=1S/C13H17N3O/c1-8(2)9(3)14-13(17)12-10-6-4-5-7-11(10)15-16-12/h4-9H,1-3H3,(H,14,17)(H,15,16). The Morgan fingerprint density at radius 2 is 2.00 bits per heavy atom. The number of aromatic nitrogens is 2. The number of fused-ring (bicyclic) bond motifs is 1. The normalized spacial score (nSPS) is 12.9. The van der Waals surface area contributed by atoms with Crippen LogP contribution in [0.15, 0.2) is 24.3 Å². The van der Waals surface area contributed by atoms with Gasteiger partial charge in [-0.3, -0.25) is 9.89 Å². The number of para-hydroxylation sites is 1. The minimum atomic E-state index is -0.122. The van der Waals surface area contributed by atoms with E-state index in [0.29, 0.717) is 11.6 Å². The quantitative estimate of drug-likeness (QED) is 0.851. The Hall–Kier alpha value is -1.84. The van der Waals surface area contributed by atoms with Crippen LogP contribution in [0.25, 0.3) is 10.9 Å². The SMILES string of the molecule is CC(C)C(C)NC(=O)c1n[nH]c2ccccc12. The molecule has 0 saturated heterocycles. The number of nitrogens with zero attached hydrogens (tertiary/aromatic N) is 1. The maximum atomic E-state index is 12.0. The molecule has 1 amide bonds. The Bertz CT molecular complexity index is 530. The number of rotatable bonds is 3. The van der Waals surface area contributed by atoms with Crippen LogP contribution in [-0.4, -0.2) is 22.1 Å². The lowest BCUT2D eigenvalue weighted by molar-refractivity contribution is 0.0927. The molecule has 2 N–H and O–H groups in total. The highest BCUT2D eigenvalue weighted by Gasteiger charge is 2.17. The van der Waals surface area contributed by atoms with Gasteiger partial charge in [0.1, 0.15) is 0 Å². The molecule has 1 aromatic carbocycles. The van der Waals surface area contributed by atoms with Crippen molar-refractivity contribution in [3.05, 3.63) is 30.0 Å². The van der Waals surface area contributed by atoms with E-state index >= 15 is 0 Å². The molecule has 1 atom stereocenters. The molecule has 0 bridgehead atoms. The van der Waals surface area contributed by atoms with Gasteiger partial charge in [0.25, 0.3) is 5.91 Å². The van der Waals surface area contributed by atoms with Crippen molar-refractivity contribution in [2.24, 2.45) is 5.92 Å². The Labute approximate surface area is 100 Å². The summed E-state index contributed by atoms with van der Waals surface area (Å²) in [5, 5.41) is 10.7. The van der Waals surface area contributed by atoms with Gasteiger partial charge in [-0.25, -0.2) is 0 Å². The molecule has 2 rings (SSSR count). The molecule has 17 heavy (non-hydrogen) atoms. The first-order valence-corrected chi connectivity index (χ1v) is 5.83. The van der Waals surface area contributed by atoms with Crippen molar-refractivity contribution in [1.29, 1.82) is 0 Å². The van der Waals surface area contributed by atoms with Gasteiger partial charge in [-0.15, -0.1) is 0 Å². The third-order valence-corrected chi connectivity index (χ3v) is 3.04. The maximum Gasteiger partial charge on any atom is 0.272 e. The van der Waals surface area contributed by atoms with Gasteiger partial charge in [-0.2, -0.15) is 5.10 Å². The molecule has 0 aliphatic carbocycles. The summed E-state index contributed by atoms with van der Waals surface area (Å²) in [5.74, 6) is 0.285. The van der Waals surface area contributed by atoms with E-state index in [1.807, 2.05) is 31.2 Å². The first-order valence-electron chi connectivity index (χ1n) is 5.83. The zero-order chi connectivity index (χ0) is 12.4. The highest BCUT2D eigenvalue weighted by Crippen LogP contribution is 2.15. The van der Waals surface area contributed by atoms with Crippen LogP contribution >= 0.6 is 0 Å². The smallest absolute Gasteiger partial charge is 0.272 e. The molecular weight excluding hydrogens is 214 g/mol. The number of carbonyl (C=O) groups excluding carboxylic acids is 1. The molecule has 4 nitrogen and oxygen atoms in total. The lowest BCUT2D eigenvalue weighted by Gasteiger charge is -2.16. The minimum absolute atomic E-state index is 0.122. The summed E-state index contributed by atoms with van der Waals surface area (Å²) in [4.78, 5) is 12.0. The second-order valence-electron chi connectivity index (χ2n) is 4.62. The fourth-order valence-corrected chi connectivity index (χ4v) is 1.58. The first-order chi connectivity index (χ1) is 8.09. The van der Waals surface area contributed by atoms with Gasteiger partial charge in [0.15, 0.2) is 5.69 Å². The van der Waals surface area contributed by atoms with Crippen LogP contribution in [0, 0.1) is 5.92 Å². The molecule has 0 saturated carbocycles. The largest absolute Gasteiger partial charge is 0.348 e. The van der Waals surface area contributed by atoms with E-state index in [9.17, 15) is 4.79 Å². The third-order valence-electron chi connectivity index (χ3n) is 3.04. The van der Waals surface area contributed by atoms with Crippen molar-refractivity contribution >= 4 is 16.8 Å². The summed E-state index contributed by atoms with van der Waals surface area (Å²) in [6.45, 7) is 6.15. The number of amides is 1. The average molecular weight is 231 g/mol. The molecule has 0 radical (unpaired) electrons. The highest BCUT2D eigenvalue weighted by atomic mass is 16.2. The van der Waals surface area contributed by atoms with Crippen LogP contribution in [0.4, 0.5) is 0 Å². The molecule has 1 heterocycles. The molecule has 1 aromatic heterocycles. The van der Waals surface area contributed by atoms with Gasteiger partial charge in [0.2, 0.25) is 0 Å². The Morgan fingerprint density at radius 3 is 2.71 bits per heavy atom. The van der Waals surface area contributed by atoms with Crippen LogP contribution in [0.5, 0.6) is 0 Å². The van der Waals surface area contributed by atoms with Crippen LogP contribution < -0.4 is 5.32 Å². The minimum Gasteiger partial charge on any atom is -0.348 e. The van der Waals surface area contributed by atoms with E-state index < -0.39 is 0 Å². The van der Waals surface area contributed by atoms with Gasteiger partial charge in [-0.05, 0) is 18.9 Å². The summed E-state index contributed by atoms with van der Waals surface area (Å²) < 4.78 is 0. The van der Waals surface area contributed by atoms with E-state index in [2.05, 4.69) is 29.4 Å². The predicted molar refractivity (Wildman–Crippen MR) is 67.9 cm³/mol. The molecule has 0 aliphatic rings. The van der Waals surface area contributed by atoms with Crippen molar-refractivity contribution in [1.82, 2.24) is 15.5 Å². The van der Waals surface area contributed by atoms with E-state index in [0.717, 1.165) is 10.9 Å². The van der Waals surface area contributed by atoms with Gasteiger partial charge >= 0.3 is 0 Å². The summed E-state index contributed by atoms with van der Waals surface area (Å²) in [6.07, 6.45) is 0. The number of hydrogen-bond acceptors (Lipinski definition) is 2. The molecular formula is C13H17N3O. The predicted octanol–water partition coefficient (Wildman–Crippen LogP) is 2.34. The summed E-state index contributed by atoms with van der Waals surface area (Å²) in [7, 11) is 0. The zero-order valence-electron chi connectivity index (χ0n) is 10.3. The molecule has 2 aromatic rings. The number of carbonyl (C=O) groups is 1. The van der Waals surface area contributed by atoms with Crippen LogP contribution in [0.1, 0.15) is 31.3 Å². The Morgan fingerprint density at radius 1 is 1.29 bits per heavy atom. The zero-order valence-corrected chi connectivity index (χ0v) is 10.3. The van der Waals surface area contributed by atoms with Gasteiger partial charge in [0, 0.05) is 11.4 Å². The van der Waals surface area contributed by atoms with Gasteiger partial charge in [0.05, 0.1) is 5.52 Å². The van der Waals surface area contributed by atoms with Crippen molar-refractivity contribution < 1.29 is 4.79 Å². The lowest BCUT2D eigenvalue weighted by Crippen LogP contribution is -2.36. The van der Waals surface area contributed by atoms with E-state index in [1.165, 1.54) is 0 Å². The fourth-order valence-electron chi connectivity index (χ4n) is 1.58. The molecule has 0 fully saturated rings. The number of hydrogen-bond donors (Lipinski definition) is 2. The Balaban J connectivity index is 2.25. The first kappa shape index (κ1) is 11.6. The fraction of sp³-hybridized carbons (Fsp3) is 0.385. The monoisotopic (exact) mass is 231 g/mol. The number of nitrogens with one attached hydrogen (secondary N) is 2. The second-order valence-corrected chi connectivity index (χ2v) is 4.62. The molecule has 1 unspecified atom stereocenters. The van der Waals surface area contributed by atoms with Crippen LogP contribution in [0.3, 0.4) is 0 Å². The van der Waals surface area contributed by atoms with E-state index in [-0.39, 0.29) is 11.9 Å². The average Bonchev–Trinajstić information content (AvgIpc) is 2.72. The van der Waals surface area contributed by atoms with Crippen molar-refractivity contribution in [3.63, 3.8) is 0 Å². The van der Waals surface area contributed by atoms with Crippen molar-refractivity contribution in [3.8, 4) is 0 Å². The molecule has 0 spiro atoms. The lowest BCUT2D eigenvalue weighted by atomic mass is 10.1. The van der Waals surface area contributed by atoms with Crippen LogP contribution in [-0.2, 0) is 0 Å². The van der Waals surface area contributed by atoms with Gasteiger partial charge < -0.3 is 5.32 Å². The summed E-state index contributed by atoms with van der Waals surface area (Å²) >= 11 is 0. The summed E-state index contributed by atoms with van der Waals surface area (Å²) in [6, 6.07) is 7.76. The van der Waals surface area contributed by atoms with Gasteiger partial charge in [-0.1, -0.05) is 32.0 Å². The van der Waals surface area contributed by atoms with Crippen molar-refractivity contribution in [2.75, 3.05) is 0 Å². The third kappa shape index (κ3) is 2.30. The van der Waals surface area contributed by atoms with Crippen LogP contribution in [0.2, 0.25) is 0 Å².